The van der Waals surface area contributed by atoms with Gasteiger partial charge in [-0.3, -0.25) is 0 Å². The highest BCUT2D eigenvalue weighted by atomic mass is 28.4. The standard InChI is InChI=1S/C28H21OSi/c1-4-14-26(15-5-1)30(27-16-6-2-7-17-27,28-18-8-3-9-19-28)29-25-21-20-23-12-10-11-13-24(23)22-25/h1-10,12-22H. The largest absolute Gasteiger partial charge is 0.530 e. The molecule has 0 saturated heterocycles. The average molecular weight is 402 g/mol. The van der Waals surface area contributed by atoms with Gasteiger partial charge in [-0.25, -0.2) is 0 Å². The Kier molecular flexibility index (Phi) is 4.92. The summed E-state index contributed by atoms with van der Waals surface area (Å²) in [6, 6.07) is 47.5. The van der Waals surface area contributed by atoms with Crippen LogP contribution in [0.15, 0.2) is 127 Å². The summed E-state index contributed by atoms with van der Waals surface area (Å²) in [5.74, 6) is 0.880. The summed E-state index contributed by atoms with van der Waals surface area (Å²) >= 11 is 0. The maximum absolute atomic E-state index is 7.09. The van der Waals surface area contributed by atoms with E-state index in [1.807, 2.05) is 12.1 Å². The maximum atomic E-state index is 7.09. The molecule has 0 aliphatic heterocycles. The van der Waals surface area contributed by atoms with Gasteiger partial charge in [0.25, 0.3) is 0 Å². The van der Waals surface area contributed by atoms with Crippen molar-refractivity contribution in [2.24, 2.45) is 0 Å². The quantitative estimate of drug-likeness (QED) is 0.307. The fourth-order valence-electron chi connectivity index (χ4n) is 4.04. The van der Waals surface area contributed by atoms with Crippen molar-refractivity contribution in [3.05, 3.63) is 133 Å². The van der Waals surface area contributed by atoms with E-state index in [9.17, 15) is 0 Å². The summed E-state index contributed by atoms with van der Waals surface area (Å²) in [4.78, 5) is 0. The van der Waals surface area contributed by atoms with Crippen LogP contribution in [0.25, 0.3) is 10.8 Å². The van der Waals surface area contributed by atoms with E-state index in [1.165, 1.54) is 20.9 Å². The Balaban J connectivity index is 1.76. The van der Waals surface area contributed by atoms with E-state index in [0.717, 1.165) is 11.1 Å². The van der Waals surface area contributed by atoms with Crippen LogP contribution in [0.3, 0.4) is 0 Å². The van der Waals surface area contributed by atoms with Gasteiger partial charge in [-0.1, -0.05) is 109 Å². The molecule has 0 aliphatic rings. The van der Waals surface area contributed by atoms with Gasteiger partial charge in [-0.15, -0.1) is 0 Å². The Morgan fingerprint density at radius 1 is 0.533 bits per heavy atom. The minimum Gasteiger partial charge on any atom is -0.530 e. The van der Waals surface area contributed by atoms with Crippen LogP contribution < -0.4 is 20.0 Å². The summed E-state index contributed by atoms with van der Waals surface area (Å²) in [5, 5.41) is 5.99. The Labute approximate surface area is 178 Å². The van der Waals surface area contributed by atoms with E-state index in [0.29, 0.717) is 0 Å². The third-order valence-electron chi connectivity index (χ3n) is 5.47. The normalized spacial score (nSPS) is 11.3. The van der Waals surface area contributed by atoms with Gasteiger partial charge in [-0.2, -0.15) is 0 Å². The van der Waals surface area contributed by atoms with Crippen LogP contribution in [0.1, 0.15) is 0 Å². The van der Waals surface area contributed by atoms with Crippen LogP contribution in [0.2, 0.25) is 0 Å². The highest BCUT2D eigenvalue weighted by Crippen LogP contribution is 2.23. The fraction of sp³-hybridized carbons (Fsp3) is 0. The molecule has 0 N–H and O–H groups in total. The number of rotatable bonds is 5. The van der Waals surface area contributed by atoms with E-state index in [4.69, 9.17) is 4.43 Å². The molecule has 0 bridgehead atoms. The number of hydrogen-bond donors (Lipinski definition) is 0. The molecule has 5 rings (SSSR count). The van der Waals surface area contributed by atoms with E-state index in [2.05, 4.69) is 121 Å². The molecule has 2 heteroatoms. The van der Waals surface area contributed by atoms with E-state index in [-0.39, 0.29) is 0 Å². The lowest BCUT2D eigenvalue weighted by Gasteiger charge is -2.33. The van der Waals surface area contributed by atoms with Crippen molar-refractivity contribution >= 4 is 34.7 Å². The van der Waals surface area contributed by atoms with E-state index >= 15 is 0 Å². The van der Waals surface area contributed by atoms with Crippen LogP contribution in [-0.4, -0.2) is 8.32 Å². The Bertz CT molecular complexity index is 1150. The van der Waals surface area contributed by atoms with Gasteiger partial charge < -0.3 is 4.43 Å². The second-order valence-electron chi connectivity index (χ2n) is 7.32. The smallest absolute Gasteiger partial charge is 0.346 e. The Hall–Kier alpha value is -3.62. The summed E-state index contributed by atoms with van der Waals surface area (Å²) in [6.07, 6.45) is 0. The zero-order valence-corrected chi connectivity index (χ0v) is 17.5. The molecule has 0 aromatic heterocycles. The summed E-state index contributed by atoms with van der Waals surface area (Å²) < 4.78 is 7.09. The van der Waals surface area contributed by atoms with Gasteiger partial charge in [0.05, 0.1) is 0 Å². The van der Waals surface area contributed by atoms with Crippen LogP contribution in [-0.2, 0) is 0 Å². The highest BCUT2D eigenvalue weighted by Gasteiger charge is 2.43. The Morgan fingerprint density at radius 3 is 1.60 bits per heavy atom. The molecule has 0 spiro atoms. The average Bonchev–Trinajstić information content (AvgIpc) is 2.84. The molecule has 5 aromatic carbocycles. The van der Waals surface area contributed by atoms with Crippen molar-refractivity contribution in [3.8, 4) is 5.75 Å². The van der Waals surface area contributed by atoms with Crippen molar-refractivity contribution in [2.45, 2.75) is 0 Å². The van der Waals surface area contributed by atoms with Crippen LogP contribution >= 0.6 is 0 Å². The van der Waals surface area contributed by atoms with Crippen molar-refractivity contribution in [1.82, 2.24) is 0 Å². The van der Waals surface area contributed by atoms with Crippen LogP contribution in [0.5, 0.6) is 5.75 Å². The van der Waals surface area contributed by atoms with Gasteiger partial charge in [0.15, 0.2) is 0 Å². The Morgan fingerprint density at radius 2 is 1.07 bits per heavy atom. The molecule has 5 aromatic rings. The third kappa shape index (κ3) is 3.32. The molecule has 0 amide bonds. The monoisotopic (exact) mass is 401 g/mol. The number of hydrogen-bond acceptors (Lipinski definition) is 1. The predicted molar refractivity (Wildman–Crippen MR) is 127 cm³/mol. The lowest BCUT2D eigenvalue weighted by Crippen LogP contribution is -2.71. The molecule has 0 aliphatic carbocycles. The van der Waals surface area contributed by atoms with Gasteiger partial charge in [-0.05, 0) is 50.6 Å². The SMILES string of the molecule is [c]1ccc2ccc(O[Si](c3ccccc3)(c3ccccc3)c3ccccc3)cc2c1. The van der Waals surface area contributed by atoms with Gasteiger partial charge in [0, 0.05) is 0 Å². The fourth-order valence-corrected chi connectivity index (χ4v) is 7.86. The summed E-state index contributed by atoms with van der Waals surface area (Å²) in [6.45, 7) is 0. The van der Waals surface area contributed by atoms with Crippen molar-refractivity contribution in [3.63, 3.8) is 0 Å². The zero-order valence-electron chi connectivity index (χ0n) is 16.5. The van der Waals surface area contributed by atoms with Gasteiger partial charge >= 0.3 is 8.32 Å². The van der Waals surface area contributed by atoms with Crippen LogP contribution in [0, 0.1) is 6.07 Å². The molecular weight excluding hydrogens is 380 g/mol. The first kappa shape index (κ1) is 18.4. The zero-order chi connectivity index (χ0) is 20.2. The molecule has 0 unspecified atom stereocenters. The number of fused-ring (bicyclic) bond motifs is 1. The molecule has 0 fully saturated rings. The van der Waals surface area contributed by atoms with E-state index in [1.54, 1.807) is 0 Å². The first-order valence-corrected chi connectivity index (χ1v) is 12.0. The lowest BCUT2D eigenvalue weighted by atomic mass is 10.1. The lowest BCUT2D eigenvalue weighted by molar-refractivity contribution is 0.578. The molecule has 1 radical (unpaired) electrons. The third-order valence-corrected chi connectivity index (χ3v) is 9.45. The molecule has 30 heavy (non-hydrogen) atoms. The van der Waals surface area contributed by atoms with Crippen molar-refractivity contribution in [1.29, 1.82) is 0 Å². The second-order valence-corrected chi connectivity index (χ2v) is 10.6. The minimum absolute atomic E-state index is 0.880. The first-order valence-electron chi connectivity index (χ1n) is 10.1. The molecule has 143 valence electrons. The summed E-state index contributed by atoms with van der Waals surface area (Å²) in [7, 11) is -2.76. The minimum atomic E-state index is -2.76. The first-order chi connectivity index (χ1) is 14.9. The maximum Gasteiger partial charge on any atom is 0.346 e. The molecular formula is C28H21OSi. The highest BCUT2D eigenvalue weighted by molar-refractivity contribution is 7.07. The predicted octanol–water partition coefficient (Wildman–Crippen LogP) is 4.69. The molecule has 0 saturated carbocycles. The van der Waals surface area contributed by atoms with E-state index < -0.39 is 8.32 Å². The second kappa shape index (κ2) is 8.01. The van der Waals surface area contributed by atoms with Gasteiger partial charge in [0.1, 0.15) is 5.75 Å². The number of benzene rings is 5. The topological polar surface area (TPSA) is 9.23 Å². The summed E-state index contributed by atoms with van der Waals surface area (Å²) in [5.41, 5.74) is 0. The molecule has 0 heterocycles. The van der Waals surface area contributed by atoms with Crippen molar-refractivity contribution < 1.29 is 4.43 Å². The van der Waals surface area contributed by atoms with Crippen LogP contribution in [0.4, 0.5) is 0 Å². The molecule has 0 atom stereocenters. The van der Waals surface area contributed by atoms with Gasteiger partial charge in [0.2, 0.25) is 0 Å². The van der Waals surface area contributed by atoms with Crippen molar-refractivity contribution in [2.75, 3.05) is 0 Å². The molecule has 1 nitrogen and oxygen atoms in total.